The molecule has 88 valence electrons. The van der Waals surface area contributed by atoms with Crippen molar-refractivity contribution >= 4 is 51.7 Å². The van der Waals surface area contributed by atoms with Gasteiger partial charge >= 0.3 is 5.97 Å². The largest absolute Gasteiger partial charge is 0.464 e. The van der Waals surface area contributed by atoms with E-state index in [-0.39, 0.29) is 5.69 Å². The lowest BCUT2D eigenvalue weighted by Crippen LogP contribution is -2.04. The zero-order chi connectivity index (χ0) is 12.6. The Hall–Kier alpha value is -1.03. The SMILES string of the molecule is COC(=O)c1cc(Cl)c2cc(Cl)cc(Cl)c2n1. The first-order chi connectivity index (χ1) is 8.02. The molecule has 1 aromatic carbocycles. The number of hydrogen-bond donors (Lipinski definition) is 0. The number of aromatic nitrogens is 1. The highest BCUT2D eigenvalue weighted by Gasteiger charge is 2.13. The molecular weight excluding hydrogens is 284 g/mol. The van der Waals surface area contributed by atoms with E-state index in [2.05, 4.69) is 9.72 Å². The van der Waals surface area contributed by atoms with Crippen molar-refractivity contribution in [2.45, 2.75) is 0 Å². The van der Waals surface area contributed by atoms with Crippen LogP contribution in [0.5, 0.6) is 0 Å². The average molecular weight is 291 g/mol. The first kappa shape index (κ1) is 12.4. The lowest BCUT2D eigenvalue weighted by atomic mass is 10.2. The molecule has 2 aromatic rings. The Morgan fingerprint density at radius 1 is 1.18 bits per heavy atom. The summed E-state index contributed by atoms with van der Waals surface area (Å²) in [6.45, 7) is 0. The van der Waals surface area contributed by atoms with Gasteiger partial charge in [0.05, 0.1) is 22.7 Å². The molecule has 0 radical (unpaired) electrons. The Morgan fingerprint density at radius 3 is 2.53 bits per heavy atom. The number of fused-ring (bicyclic) bond motifs is 1. The number of carbonyl (C=O) groups excluding carboxylic acids is 1. The number of benzene rings is 1. The van der Waals surface area contributed by atoms with Crippen molar-refractivity contribution in [2.24, 2.45) is 0 Å². The van der Waals surface area contributed by atoms with Gasteiger partial charge in [-0.05, 0) is 18.2 Å². The van der Waals surface area contributed by atoms with E-state index < -0.39 is 5.97 Å². The lowest BCUT2D eigenvalue weighted by Gasteiger charge is -2.06. The molecule has 2 rings (SSSR count). The van der Waals surface area contributed by atoms with Crippen LogP contribution in [-0.4, -0.2) is 18.1 Å². The Bertz CT molecular complexity index is 613. The molecule has 0 aliphatic carbocycles. The van der Waals surface area contributed by atoms with Crippen molar-refractivity contribution < 1.29 is 9.53 Å². The van der Waals surface area contributed by atoms with Gasteiger partial charge in [-0.3, -0.25) is 0 Å². The van der Waals surface area contributed by atoms with Gasteiger partial charge in [0.2, 0.25) is 0 Å². The normalized spacial score (nSPS) is 10.6. The molecule has 0 amide bonds. The third kappa shape index (κ3) is 2.32. The van der Waals surface area contributed by atoms with E-state index in [0.717, 1.165) is 0 Å². The molecule has 0 saturated carbocycles. The second-order valence-corrected chi connectivity index (χ2v) is 4.52. The molecule has 0 N–H and O–H groups in total. The summed E-state index contributed by atoms with van der Waals surface area (Å²) in [5.74, 6) is -0.570. The van der Waals surface area contributed by atoms with Crippen LogP contribution in [0.3, 0.4) is 0 Å². The van der Waals surface area contributed by atoms with Crippen LogP contribution in [0.15, 0.2) is 18.2 Å². The Morgan fingerprint density at radius 2 is 1.88 bits per heavy atom. The molecule has 0 aliphatic heterocycles. The van der Waals surface area contributed by atoms with Crippen LogP contribution in [0, 0.1) is 0 Å². The minimum atomic E-state index is -0.570. The zero-order valence-electron chi connectivity index (χ0n) is 8.63. The fourth-order valence-corrected chi connectivity index (χ4v) is 2.20. The number of nitrogens with zero attached hydrogens (tertiary/aromatic N) is 1. The van der Waals surface area contributed by atoms with Gasteiger partial charge in [0.25, 0.3) is 0 Å². The maximum atomic E-state index is 11.4. The average Bonchev–Trinajstić information content (AvgIpc) is 2.29. The van der Waals surface area contributed by atoms with Crippen LogP contribution in [0.2, 0.25) is 15.1 Å². The highest BCUT2D eigenvalue weighted by atomic mass is 35.5. The number of methoxy groups -OCH3 is 1. The molecule has 17 heavy (non-hydrogen) atoms. The first-order valence-electron chi connectivity index (χ1n) is 4.56. The number of hydrogen-bond acceptors (Lipinski definition) is 3. The van der Waals surface area contributed by atoms with Gasteiger partial charge < -0.3 is 4.74 Å². The molecule has 6 heteroatoms. The molecule has 0 atom stereocenters. The molecule has 0 saturated heterocycles. The van der Waals surface area contributed by atoms with Gasteiger partial charge in [-0.15, -0.1) is 0 Å². The molecular formula is C11H6Cl3NO2. The second-order valence-electron chi connectivity index (χ2n) is 3.26. The van der Waals surface area contributed by atoms with Gasteiger partial charge in [0.15, 0.2) is 5.69 Å². The number of pyridine rings is 1. The van der Waals surface area contributed by atoms with Gasteiger partial charge in [0.1, 0.15) is 0 Å². The predicted molar refractivity (Wildman–Crippen MR) is 68.1 cm³/mol. The molecule has 3 nitrogen and oxygen atoms in total. The van der Waals surface area contributed by atoms with Gasteiger partial charge in [0, 0.05) is 10.4 Å². The molecule has 1 aromatic heterocycles. The maximum absolute atomic E-state index is 11.4. The van der Waals surface area contributed by atoms with Crippen molar-refractivity contribution in [3.63, 3.8) is 0 Å². The quantitative estimate of drug-likeness (QED) is 0.746. The predicted octanol–water partition coefficient (Wildman–Crippen LogP) is 3.98. The summed E-state index contributed by atoms with van der Waals surface area (Å²) in [5, 5.41) is 1.73. The smallest absolute Gasteiger partial charge is 0.356 e. The molecule has 0 aliphatic rings. The Kier molecular flexibility index (Phi) is 3.43. The third-order valence-electron chi connectivity index (χ3n) is 2.18. The summed E-state index contributed by atoms with van der Waals surface area (Å²) < 4.78 is 4.57. The van der Waals surface area contributed by atoms with Gasteiger partial charge in [-0.25, -0.2) is 9.78 Å². The van der Waals surface area contributed by atoms with Crippen LogP contribution in [0.4, 0.5) is 0 Å². The summed E-state index contributed by atoms with van der Waals surface area (Å²) in [5.41, 5.74) is 0.526. The highest BCUT2D eigenvalue weighted by Crippen LogP contribution is 2.31. The van der Waals surface area contributed by atoms with Crippen LogP contribution in [-0.2, 0) is 4.74 Å². The van der Waals surface area contributed by atoms with Gasteiger partial charge in [-0.2, -0.15) is 0 Å². The van der Waals surface area contributed by atoms with E-state index in [4.69, 9.17) is 34.8 Å². The number of ether oxygens (including phenoxy) is 1. The monoisotopic (exact) mass is 289 g/mol. The van der Waals surface area contributed by atoms with Crippen molar-refractivity contribution in [3.8, 4) is 0 Å². The topological polar surface area (TPSA) is 39.2 Å². The Balaban J connectivity index is 2.77. The number of carbonyl (C=O) groups is 1. The fraction of sp³-hybridized carbons (Fsp3) is 0.0909. The zero-order valence-corrected chi connectivity index (χ0v) is 10.9. The fourth-order valence-electron chi connectivity index (χ4n) is 1.42. The summed E-state index contributed by atoms with van der Waals surface area (Å²) in [4.78, 5) is 15.5. The van der Waals surface area contributed by atoms with Crippen LogP contribution >= 0.6 is 34.8 Å². The van der Waals surface area contributed by atoms with E-state index in [1.807, 2.05) is 0 Å². The van der Waals surface area contributed by atoms with Crippen LogP contribution in [0.25, 0.3) is 10.9 Å². The maximum Gasteiger partial charge on any atom is 0.356 e. The second kappa shape index (κ2) is 4.69. The summed E-state index contributed by atoms with van der Waals surface area (Å²) >= 11 is 17.9. The first-order valence-corrected chi connectivity index (χ1v) is 5.70. The highest BCUT2D eigenvalue weighted by molar-refractivity contribution is 6.41. The van der Waals surface area contributed by atoms with Crippen LogP contribution < -0.4 is 0 Å². The third-order valence-corrected chi connectivity index (χ3v) is 2.99. The minimum Gasteiger partial charge on any atom is -0.464 e. The molecule has 0 fully saturated rings. The lowest BCUT2D eigenvalue weighted by molar-refractivity contribution is 0.0594. The van der Waals surface area contributed by atoms with E-state index >= 15 is 0 Å². The van der Waals surface area contributed by atoms with E-state index in [1.165, 1.54) is 19.2 Å². The van der Waals surface area contributed by atoms with E-state index in [1.54, 1.807) is 6.07 Å². The van der Waals surface area contributed by atoms with Crippen molar-refractivity contribution in [1.29, 1.82) is 0 Å². The Labute approximate surface area is 112 Å². The van der Waals surface area contributed by atoms with Crippen molar-refractivity contribution in [1.82, 2.24) is 4.98 Å². The molecule has 1 heterocycles. The summed E-state index contributed by atoms with van der Waals surface area (Å²) in [6.07, 6.45) is 0. The number of esters is 1. The molecule has 0 spiro atoms. The van der Waals surface area contributed by atoms with Crippen molar-refractivity contribution in [2.75, 3.05) is 7.11 Å². The number of rotatable bonds is 1. The minimum absolute atomic E-state index is 0.106. The van der Waals surface area contributed by atoms with Crippen molar-refractivity contribution in [3.05, 3.63) is 39.0 Å². The van der Waals surface area contributed by atoms with E-state index in [9.17, 15) is 4.79 Å². The van der Waals surface area contributed by atoms with Gasteiger partial charge in [-0.1, -0.05) is 34.8 Å². The standard InChI is InChI=1S/C11H6Cl3NO2/c1-17-11(16)9-4-7(13)6-2-5(12)3-8(14)10(6)15-9/h2-4H,1H3. The summed E-state index contributed by atoms with van der Waals surface area (Å²) in [6, 6.07) is 4.59. The van der Waals surface area contributed by atoms with E-state index in [0.29, 0.717) is 26.0 Å². The molecule has 0 unspecified atom stereocenters. The summed E-state index contributed by atoms with van der Waals surface area (Å²) in [7, 11) is 1.27. The number of halogens is 3. The molecule has 0 bridgehead atoms. The van der Waals surface area contributed by atoms with Crippen LogP contribution in [0.1, 0.15) is 10.5 Å².